The highest BCUT2D eigenvalue weighted by molar-refractivity contribution is 9.10. The fourth-order valence-corrected chi connectivity index (χ4v) is 4.92. The molecule has 0 aromatic heterocycles. The second-order valence-electron chi connectivity index (χ2n) is 5.60. The molecule has 6 nitrogen and oxygen atoms in total. The molecule has 0 saturated carbocycles. The molecule has 2 aromatic rings. The summed E-state index contributed by atoms with van der Waals surface area (Å²) in [5.74, 6) is -0.352. The number of rotatable bonds is 4. The van der Waals surface area contributed by atoms with Crippen LogP contribution in [-0.2, 0) is 14.8 Å². The monoisotopic (exact) mass is 458 g/mol. The lowest BCUT2D eigenvalue weighted by atomic mass is 10.2. The number of anilines is 1. The maximum Gasteiger partial charge on any atom is 0.256 e. The number of nitrogens with one attached hydrogen (secondary N) is 1. The fourth-order valence-electron chi connectivity index (χ4n) is 2.55. The Labute approximate surface area is 165 Å². The van der Waals surface area contributed by atoms with E-state index in [1.54, 1.807) is 30.3 Å². The van der Waals surface area contributed by atoms with E-state index in [1.807, 2.05) is 0 Å². The molecular weight excluding hydrogens is 444 g/mol. The summed E-state index contributed by atoms with van der Waals surface area (Å²) < 4.78 is 32.8. The molecule has 1 amide bonds. The Kier molecular flexibility index (Phi) is 5.99. The molecule has 26 heavy (non-hydrogen) atoms. The second-order valence-corrected chi connectivity index (χ2v) is 8.76. The molecule has 1 aliphatic rings. The summed E-state index contributed by atoms with van der Waals surface area (Å²) in [4.78, 5) is 12.4. The fraction of sp³-hybridized carbons (Fsp3) is 0.235. The number of amides is 1. The lowest BCUT2D eigenvalue weighted by molar-refractivity contribution is 0.0730. The smallest absolute Gasteiger partial charge is 0.256 e. The highest BCUT2D eigenvalue weighted by atomic mass is 79.9. The molecule has 1 heterocycles. The number of nitrogens with zero attached hydrogens (tertiary/aromatic N) is 1. The Morgan fingerprint density at radius 1 is 1.15 bits per heavy atom. The van der Waals surface area contributed by atoms with Crippen molar-refractivity contribution < 1.29 is 17.9 Å². The number of hydrogen-bond donors (Lipinski definition) is 1. The van der Waals surface area contributed by atoms with Crippen molar-refractivity contribution in [3.63, 3.8) is 0 Å². The molecule has 1 fully saturated rings. The molecule has 0 spiro atoms. The third-order valence-corrected chi connectivity index (χ3v) is 6.97. The predicted molar refractivity (Wildman–Crippen MR) is 103 cm³/mol. The standard InChI is InChI=1S/C17H16BrClN2O4S/c18-14-4-2-1-3-13(14)17(22)20-12-5-6-15(19)16(11-12)26(23,24)21-7-9-25-10-8-21/h1-6,11H,7-10H2,(H,20,22). The van der Waals surface area contributed by atoms with Gasteiger partial charge in [-0.3, -0.25) is 4.79 Å². The molecule has 0 bridgehead atoms. The van der Waals surface area contributed by atoms with E-state index in [1.165, 1.54) is 16.4 Å². The second kappa shape index (κ2) is 8.06. The first-order valence-corrected chi connectivity index (χ1v) is 10.4. The number of morpholine rings is 1. The predicted octanol–water partition coefficient (Wildman–Crippen LogP) is 3.38. The van der Waals surface area contributed by atoms with Gasteiger partial charge in [0.15, 0.2) is 0 Å². The van der Waals surface area contributed by atoms with Gasteiger partial charge in [-0.15, -0.1) is 0 Å². The number of sulfonamides is 1. The molecule has 9 heteroatoms. The lowest BCUT2D eigenvalue weighted by Crippen LogP contribution is -2.40. The Hall–Kier alpha value is -1.45. The van der Waals surface area contributed by atoms with Crippen molar-refractivity contribution in [3.8, 4) is 0 Å². The van der Waals surface area contributed by atoms with Crippen LogP contribution in [0, 0.1) is 0 Å². The van der Waals surface area contributed by atoms with Crippen molar-refractivity contribution in [2.24, 2.45) is 0 Å². The third-order valence-electron chi connectivity index (χ3n) is 3.90. The number of hydrogen-bond acceptors (Lipinski definition) is 4. The van der Waals surface area contributed by atoms with Gasteiger partial charge >= 0.3 is 0 Å². The van der Waals surface area contributed by atoms with Gasteiger partial charge in [-0.25, -0.2) is 8.42 Å². The highest BCUT2D eigenvalue weighted by Crippen LogP contribution is 2.29. The minimum Gasteiger partial charge on any atom is -0.379 e. The number of halogens is 2. The molecule has 2 aromatic carbocycles. The quantitative estimate of drug-likeness (QED) is 0.760. The van der Waals surface area contributed by atoms with Gasteiger partial charge in [-0.05, 0) is 46.3 Å². The number of benzene rings is 2. The van der Waals surface area contributed by atoms with E-state index in [-0.39, 0.29) is 28.9 Å². The van der Waals surface area contributed by atoms with Gasteiger partial charge in [0.05, 0.1) is 23.8 Å². The van der Waals surface area contributed by atoms with Crippen LogP contribution in [0.25, 0.3) is 0 Å². The van der Waals surface area contributed by atoms with Crippen LogP contribution in [0.3, 0.4) is 0 Å². The highest BCUT2D eigenvalue weighted by Gasteiger charge is 2.28. The van der Waals surface area contributed by atoms with E-state index >= 15 is 0 Å². The van der Waals surface area contributed by atoms with E-state index in [4.69, 9.17) is 16.3 Å². The third kappa shape index (κ3) is 4.10. The Bertz CT molecular complexity index is 930. The van der Waals surface area contributed by atoms with Crippen molar-refractivity contribution in [2.75, 3.05) is 31.6 Å². The number of carbonyl (C=O) groups is 1. The zero-order valence-electron chi connectivity index (χ0n) is 13.6. The Balaban J connectivity index is 1.88. The Morgan fingerprint density at radius 2 is 1.85 bits per heavy atom. The number of carbonyl (C=O) groups excluding carboxylic acids is 1. The summed E-state index contributed by atoms with van der Waals surface area (Å²) in [6, 6.07) is 11.4. The number of ether oxygens (including phenoxy) is 1. The summed E-state index contributed by atoms with van der Waals surface area (Å²) in [7, 11) is -3.76. The van der Waals surface area contributed by atoms with Gasteiger partial charge in [-0.1, -0.05) is 23.7 Å². The van der Waals surface area contributed by atoms with Crippen molar-refractivity contribution in [1.82, 2.24) is 4.31 Å². The van der Waals surface area contributed by atoms with Crippen LogP contribution >= 0.6 is 27.5 Å². The summed E-state index contributed by atoms with van der Waals surface area (Å²) in [5, 5.41) is 2.81. The van der Waals surface area contributed by atoms with E-state index in [0.29, 0.717) is 28.9 Å². The minimum absolute atomic E-state index is 0.0361. The summed E-state index contributed by atoms with van der Waals surface area (Å²) in [5.41, 5.74) is 0.794. The van der Waals surface area contributed by atoms with Crippen LogP contribution in [0.4, 0.5) is 5.69 Å². The zero-order valence-corrected chi connectivity index (χ0v) is 16.8. The van der Waals surface area contributed by atoms with Crippen LogP contribution in [-0.4, -0.2) is 44.9 Å². The van der Waals surface area contributed by atoms with Crippen LogP contribution < -0.4 is 5.32 Å². The average molecular weight is 460 g/mol. The van der Waals surface area contributed by atoms with Gasteiger partial charge in [0.1, 0.15) is 4.90 Å². The maximum absolute atomic E-state index is 12.8. The van der Waals surface area contributed by atoms with E-state index < -0.39 is 10.0 Å². The maximum atomic E-state index is 12.8. The first kappa shape index (κ1) is 19.3. The van der Waals surface area contributed by atoms with Gasteiger partial charge in [-0.2, -0.15) is 4.31 Å². The largest absolute Gasteiger partial charge is 0.379 e. The molecule has 138 valence electrons. The van der Waals surface area contributed by atoms with Crippen molar-refractivity contribution >= 4 is 49.1 Å². The molecular formula is C17H16BrClN2O4S. The molecule has 1 N–H and O–H groups in total. The molecule has 1 saturated heterocycles. The summed E-state index contributed by atoms with van der Waals surface area (Å²) in [6.45, 7) is 1.23. The van der Waals surface area contributed by atoms with Gasteiger partial charge in [0, 0.05) is 23.2 Å². The molecule has 1 aliphatic heterocycles. The van der Waals surface area contributed by atoms with Crippen molar-refractivity contribution in [1.29, 1.82) is 0 Å². The van der Waals surface area contributed by atoms with Crippen LogP contribution in [0.5, 0.6) is 0 Å². The molecule has 0 radical (unpaired) electrons. The van der Waals surface area contributed by atoms with E-state index in [0.717, 1.165) is 0 Å². The van der Waals surface area contributed by atoms with Crippen LogP contribution in [0.1, 0.15) is 10.4 Å². The van der Waals surface area contributed by atoms with Crippen molar-refractivity contribution in [2.45, 2.75) is 4.90 Å². The van der Waals surface area contributed by atoms with E-state index in [9.17, 15) is 13.2 Å². The molecule has 0 atom stereocenters. The summed E-state index contributed by atoms with van der Waals surface area (Å²) >= 11 is 9.45. The first-order chi connectivity index (χ1) is 12.4. The molecule has 0 aliphatic carbocycles. The SMILES string of the molecule is O=C(Nc1ccc(Cl)c(S(=O)(=O)N2CCOCC2)c1)c1ccccc1Br. The zero-order chi connectivity index (χ0) is 18.7. The topological polar surface area (TPSA) is 75.7 Å². The molecule has 3 rings (SSSR count). The van der Waals surface area contributed by atoms with Gasteiger partial charge in [0.25, 0.3) is 5.91 Å². The minimum atomic E-state index is -3.76. The first-order valence-electron chi connectivity index (χ1n) is 7.83. The Morgan fingerprint density at radius 3 is 2.54 bits per heavy atom. The average Bonchev–Trinajstić information content (AvgIpc) is 2.64. The molecule has 0 unspecified atom stereocenters. The lowest BCUT2D eigenvalue weighted by Gasteiger charge is -2.26. The van der Waals surface area contributed by atoms with E-state index in [2.05, 4.69) is 21.2 Å². The van der Waals surface area contributed by atoms with Gasteiger partial charge in [0.2, 0.25) is 10.0 Å². The summed E-state index contributed by atoms with van der Waals surface area (Å²) in [6.07, 6.45) is 0. The van der Waals surface area contributed by atoms with Crippen molar-refractivity contribution in [3.05, 3.63) is 57.5 Å². The van der Waals surface area contributed by atoms with Crippen LogP contribution in [0.2, 0.25) is 5.02 Å². The van der Waals surface area contributed by atoms with Crippen LogP contribution in [0.15, 0.2) is 51.8 Å². The normalized spacial score (nSPS) is 15.6. The van der Waals surface area contributed by atoms with Gasteiger partial charge < -0.3 is 10.1 Å².